The number of hydrogen-bond acceptors (Lipinski definition) is 6. The summed E-state index contributed by atoms with van der Waals surface area (Å²) in [4.78, 5) is 36.5. The Morgan fingerprint density at radius 3 is 2.02 bits per heavy atom. The number of rotatable bonds is 18. The van der Waals surface area contributed by atoms with Gasteiger partial charge in [0.05, 0.1) is 6.10 Å². The summed E-state index contributed by atoms with van der Waals surface area (Å²) in [6, 6.07) is -1.12. The molecular formula is C49H72N4O6-2. The van der Waals surface area contributed by atoms with E-state index in [1.807, 2.05) is 6.08 Å². The number of fused-ring (bicyclic) bond motifs is 8. The SMILES string of the molecule is C=CC1=C(C)C2CC3[N-]C(CC4NC(CC5[N-]C(CC1N2)C(C)C5CCC(=O)O)C(CCC(=O)O)=C4C=O)C(C)=C3C(O)CC/C=C(\C)CC/C=C(\C)CCC=C(C)C. The lowest BCUT2D eigenvalue weighted by atomic mass is 9.80. The van der Waals surface area contributed by atoms with Crippen molar-refractivity contribution in [2.24, 2.45) is 11.8 Å². The molecule has 10 heteroatoms. The van der Waals surface area contributed by atoms with Gasteiger partial charge in [0.2, 0.25) is 0 Å². The summed E-state index contributed by atoms with van der Waals surface area (Å²) >= 11 is 0. The predicted octanol–water partition coefficient (Wildman–Crippen LogP) is 9.35. The maximum Gasteiger partial charge on any atom is 0.303 e. The standard InChI is InChI=1S/C49H72N4O6/c1-9-34-31(6)39-25-45-49(46(55)18-12-17-30(5)16-11-15-29(4)14-10-13-28(2)3)33(8)40(52-45)24-44-37(27-54)36(20-22-48(58)59)43(53-44)26-42-35(19-21-47(56)57)32(7)38(51-42)23-41(34)50-39/h9,13,15,17,27,32,35,38-46,50,53,55H,1,10-12,14,16,18-26H2,2-8H3,(H,56,57)(H,58,59)/q-2/b29-15+,30-17+. The van der Waals surface area contributed by atoms with Crippen LogP contribution in [-0.2, 0) is 14.4 Å². The zero-order valence-corrected chi connectivity index (χ0v) is 36.8. The van der Waals surface area contributed by atoms with E-state index >= 15 is 0 Å². The first-order valence-corrected chi connectivity index (χ1v) is 22.3. The van der Waals surface area contributed by atoms with Gasteiger partial charge in [-0.3, -0.25) is 14.4 Å². The molecule has 11 unspecified atom stereocenters. The highest BCUT2D eigenvalue weighted by molar-refractivity contribution is 5.79. The number of hydrogen-bond donors (Lipinski definition) is 5. The van der Waals surface area contributed by atoms with Crippen molar-refractivity contribution in [3.8, 4) is 0 Å². The summed E-state index contributed by atoms with van der Waals surface area (Å²) in [6.45, 7) is 19.3. The highest BCUT2D eigenvalue weighted by Gasteiger charge is 2.41. The summed E-state index contributed by atoms with van der Waals surface area (Å²) < 4.78 is 0. The Kier molecular flexibility index (Phi) is 16.9. The van der Waals surface area contributed by atoms with E-state index in [1.165, 1.54) is 27.9 Å². The topological polar surface area (TPSA) is 164 Å². The van der Waals surface area contributed by atoms with Crippen LogP contribution in [0.1, 0.15) is 138 Å². The maximum atomic E-state index is 12.9. The fraction of sp³-hybridized carbons (Fsp3) is 0.653. The summed E-state index contributed by atoms with van der Waals surface area (Å²) in [6.07, 6.45) is 17.9. The first-order chi connectivity index (χ1) is 28.1. The molecule has 5 heterocycles. The van der Waals surface area contributed by atoms with Crippen LogP contribution in [0.4, 0.5) is 0 Å². The highest BCUT2D eigenvalue weighted by atomic mass is 16.4. The Morgan fingerprint density at radius 2 is 1.37 bits per heavy atom. The first-order valence-electron chi connectivity index (χ1n) is 22.3. The van der Waals surface area contributed by atoms with Crippen LogP contribution in [0.25, 0.3) is 10.6 Å². The number of carbonyl (C=O) groups is 3. The van der Waals surface area contributed by atoms with E-state index in [2.05, 4.69) is 83.9 Å². The van der Waals surface area contributed by atoms with Crippen LogP contribution < -0.4 is 10.6 Å². The molecule has 8 bridgehead atoms. The van der Waals surface area contributed by atoms with Crippen LogP contribution in [-0.4, -0.2) is 88.0 Å². The lowest BCUT2D eigenvalue weighted by molar-refractivity contribution is -0.138. The van der Waals surface area contributed by atoms with Gasteiger partial charge in [-0.2, -0.15) is 0 Å². The van der Waals surface area contributed by atoms with Crippen LogP contribution in [0, 0.1) is 11.8 Å². The van der Waals surface area contributed by atoms with Crippen molar-refractivity contribution < 1.29 is 29.7 Å². The van der Waals surface area contributed by atoms with Gasteiger partial charge in [-0.05, 0) is 130 Å². The Bertz CT molecular complexity index is 1750. The molecule has 0 aromatic carbocycles. The van der Waals surface area contributed by atoms with Gasteiger partial charge in [-0.25, -0.2) is 0 Å². The van der Waals surface area contributed by atoms with Gasteiger partial charge in [0.25, 0.3) is 0 Å². The lowest BCUT2D eigenvalue weighted by Gasteiger charge is -2.38. The second-order valence-corrected chi connectivity index (χ2v) is 18.4. The molecule has 5 N–H and O–H groups in total. The van der Waals surface area contributed by atoms with Crippen LogP contribution in [0.15, 0.2) is 81.0 Å². The normalized spacial score (nSPS) is 31.9. The molecule has 0 amide bonds. The largest absolute Gasteiger partial charge is 0.656 e. The van der Waals surface area contributed by atoms with Crippen molar-refractivity contribution in [2.45, 2.75) is 193 Å². The van der Waals surface area contributed by atoms with Gasteiger partial charge in [-0.1, -0.05) is 83.1 Å². The number of nitrogens with one attached hydrogen (secondary N) is 2. The van der Waals surface area contributed by atoms with Crippen LogP contribution in [0.3, 0.4) is 0 Å². The fourth-order valence-electron chi connectivity index (χ4n) is 10.7. The third-order valence-electron chi connectivity index (χ3n) is 14.1. The lowest BCUT2D eigenvalue weighted by Crippen LogP contribution is -2.38. The first kappa shape index (κ1) is 46.7. The van der Waals surface area contributed by atoms with E-state index in [1.54, 1.807) is 0 Å². The molecular weight excluding hydrogens is 741 g/mol. The van der Waals surface area contributed by atoms with Crippen molar-refractivity contribution in [3.63, 3.8) is 0 Å². The second kappa shape index (κ2) is 21.4. The minimum Gasteiger partial charge on any atom is -0.656 e. The summed E-state index contributed by atoms with van der Waals surface area (Å²) in [7, 11) is 0. The van der Waals surface area contributed by atoms with E-state index in [0.29, 0.717) is 37.7 Å². The molecule has 0 spiro atoms. The molecule has 2 saturated heterocycles. The quantitative estimate of drug-likeness (QED) is 0.0675. The van der Waals surface area contributed by atoms with Gasteiger partial charge in [0.1, 0.15) is 6.29 Å². The van der Waals surface area contributed by atoms with E-state index in [-0.39, 0.29) is 79.4 Å². The van der Waals surface area contributed by atoms with Crippen LogP contribution >= 0.6 is 0 Å². The van der Waals surface area contributed by atoms with Crippen molar-refractivity contribution in [1.82, 2.24) is 10.6 Å². The van der Waals surface area contributed by atoms with Crippen molar-refractivity contribution in [3.05, 3.63) is 91.7 Å². The van der Waals surface area contributed by atoms with Crippen LogP contribution in [0.5, 0.6) is 0 Å². The highest BCUT2D eigenvalue weighted by Crippen LogP contribution is 2.48. The number of allylic oxidation sites excluding steroid dienone is 6. The molecule has 0 aliphatic carbocycles. The predicted molar refractivity (Wildman–Crippen MR) is 237 cm³/mol. The number of aliphatic hydroxyl groups is 1. The average Bonchev–Trinajstić information content (AvgIpc) is 3.85. The van der Waals surface area contributed by atoms with E-state index in [9.17, 15) is 29.7 Å². The zero-order chi connectivity index (χ0) is 43.0. The van der Waals surface area contributed by atoms with Gasteiger partial charge in [0, 0.05) is 42.6 Å². The third kappa shape index (κ3) is 11.9. The molecule has 5 aliphatic rings. The number of carboxylic acids is 2. The molecule has 0 aromatic heterocycles. The molecule has 5 aliphatic heterocycles. The maximum absolute atomic E-state index is 12.9. The Balaban J connectivity index is 1.41. The molecule has 59 heavy (non-hydrogen) atoms. The fourth-order valence-corrected chi connectivity index (χ4v) is 10.7. The summed E-state index contributed by atoms with van der Waals surface area (Å²) in [5.74, 6) is -1.55. The van der Waals surface area contributed by atoms with Crippen molar-refractivity contribution >= 4 is 18.2 Å². The average molecular weight is 813 g/mol. The Morgan fingerprint density at radius 1 is 0.763 bits per heavy atom. The Hall–Kier alpha value is -3.41. The zero-order valence-electron chi connectivity index (χ0n) is 36.8. The summed E-state index contributed by atoms with van der Waals surface area (Å²) in [5.41, 5.74) is 9.99. The molecule has 0 saturated carbocycles. The number of aliphatic carboxylic acids is 2. The molecule has 326 valence electrons. The molecule has 0 aromatic rings. The van der Waals surface area contributed by atoms with Gasteiger partial charge in [0.15, 0.2) is 0 Å². The van der Waals surface area contributed by atoms with Gasteiger partial charge in [-0.15, -0.1) is 24.2 Å². The molecule has 10 nitrogen and oxygen atoms in total. The minimum atomic E-state index is -0.917. The molecule has 2 fully saturated rings. The van der Waals surface area contributed by atoms with E-state index in [4.69, 9.17) is 10.6 Å². The van der Waals surface area contributed by atoms with Gasteiger partial charge < -0.3 is 36.6 Å². The number of nitrogens with zero attached hydrogens (tertiary/aromatic N) is 2. The second-order valence-electron chi connectivity index (χ2n) is 18.4. The van der Waals surface area contributed by atoms with Crippen molar-refractivity contribution in [2.75, 3.05) is 0 Å². The van der Waals surface area contributed by atoms with E-state index in [0.717, 1.165) is 61.5 Å². The molecule has 0 radical (unpaired) electrons. The minimum absolute atomic E-state index is 0.0101. The number of aldehydes is 1. The molecule has 5 rings (SSSR count). The van der Waals surface area contributed by atoms with E-state index < -0.39 is 18.0 Å². The number of carboxylic acid groups (broad SMARTS) is 2. The van der Waals surface area contributed by atoms with Gasteiger partial charge >= 0.3 is 11.9 Å². The number of aliphatic hydroxyl groups excluding tert-OH is 1. The monoisotopic (exact) mass is 813 g/mol. The Labute approximate surface area is 353 Å². The van der Waals surface area contributed by atoms with Crippen molar-refractivity contribution in [1.29, 1.82) is 0 Å². The smallest absolute Gasteiger partial charge is 0.303 e. The molecule has 11 atom stereocenters. The number of carbonyl (C=O) groups excluding carboxylic acids is 1. The summed E-state index contributed by atoms with van der Waals surface area (Å²) in [5, 5.41) is 49.9. The van der Waals surface area contributed by atoms with Crippen LogP contribution in [0.2, 0.25) is 0 Å². The third-order valence-corrected chi connectivity index (χ3v) is 14.1.